The Labute approximate surface area is 194 Å². The molecule has 33 heavy (non-hydrogen) atoms. The van der Waals surface area contributed by atoms with Crippen molar-refractivity contribution < 1.29 is 26.4 Å². The number of carbonyl (C=O) groups excluding carboxylic acids is 1. The molecular formula is C23H18ClF3N2O3S. The van der Waals surface area contributed by atoms with Crippen LogP contribution < -0.4 is 9.21 Å². The zero-order chi connectivity index (χ0) is 23.8. The molecule has 3 aromatic rings. The summed E-state index contributed by atoms with van der Waals surface area (Å²) in [6.45, 7) is -0.375. The Kier molecular flexibility index (Phi) is 6.11. The number of para-hydroxylation sites is 1. The minimum absolute atomic E-state index is 0.173. The Morgan fingerprint density at radius 2 is 1.67 bits per heavy atom. The van der Waals surface area contributed by atoms with Gasteiger partial charge in [-0.15, -0.1) is 0 Å². The van der Waals surface area contributed by atoms with E-state index in [-0.39, 0.29) is 9.92 Å². The highest BCUT2D eigenvalue weighted by atomic mass is 35.5. The Hall–Kier alpha value is -3.04. The zero-order valence-electron chi connectivity index (χ0n) is 17.1. The molecule has 1 heterocycles. The average molecular weight is 495 g/mol. The summed E-state index contributed by atoms with van der Waals surface area (Å²) in [6, 6.07) is 16.8. The summed E-state index contributed by atoms with van der Waals surface area (Å²) in [5.74, 6) is -0.576. The molecular weight excluding hydrogens is 477 g/mol. The molecule has 0 saturated carbocycles. The predicted octanol–water partition coefficient (Wildman–Crippen LogP) is 5.14. The first-order valence-corrected chi connectivity index (χ1v) is 11.7. The van der Waals surface area contributed by atoms with Crippen molar-refractivity contribution >= 4 is 38.9 Å². The van der Waals surface area contributed by atoms with Gasteiger partial charge in [-0.25, -0.2) is 8.42 Å². The number of alkyl halides is 3. The zero-order valence-corrected chi connectivity index (χ0v) is 18.7. The number of hydrogen-bond acceptors (Lipinski definition) is 3. The highest BCUT2D eigenvalue weighted by Gasteiger charge is 2.36. The second-order valence-electron chi connectivity index (χ2n) is 7.41. The number of rotatable bonds is 5. The number of amides is 1. The van der Waals surface area contributed by atoms with E-state index in [1.165, 1.54) is 29.2 Å². The number of carbonyl (C=O) groups is 1. The van der Waals surface area contributed by atoms with Gasteiger partial charge in [0.25, 0.3) is 10.0 Å². The quantitative estimate of drug-likeness (QED) is 0.493. The molecule has 0 spiro atoms. The van der Waals surface area contributed by atoms with Crippen LogP contribution in [0.4, 0.5) is 24.5 Å². The van der Waals surface area contributed by atoms with E-state index in [0.717, 1.165) is 17.7 Å². The second kappa shape index (κ2) is 8.72. The molecule has 3 aromatic carbocycles. The van der Waals surface area contributed by atoms with Gasteiger partial charge in [0.1, 0.15) is 6.54 Å². The van der Waals surface area contributed by atoms with E-state index in [9.17, 15) is 26.4 Å². The third-order valence-electron chi connectivity index (χ3n) is 5.34. The highest BCUT2D eigenvalue weighted by molar-refractivity contribution is 7.92. The lowest BCUT2D eigenvalue weighted by Gasteiger charge is -2.28. The Balaban J connectivity index is 1.79. The molecule has 0 radical (unpaired) electrons. The van der Waals surface area contributed by atoms with Crippen molar-refractivity contribution in [3.05, 3.63) is 88.9 Å². The maximum Gasteiger partial charge on any atom is 0.416 e. The molecule has 1 aliphatic heterocycles. The standard InChI is InChI=1S/C23H18ClF3N2O3S/c24-19-11-10-17(23(25,26)27)14-21(19)29(33(31,32)18-7-2-1-3-8-18)15-22(30)28-13-12-16-6-4-5-9-20(16)28/h1-11,14H,12-13,15H2. The number of nitrogens with zero attached hydrogens (tertiary/aromatic N) is 2. The molecule has 172 valence electrons. The molecule has 0 unspecified atom stereocenters. The van der Waals surface area contributed by atoms with Crippen LogP contribution >= 0.6 is 11.6 Å². The molecule has 1 amide bonds. The number of hydrogen-bond donors (Lipinski definition) is 0. The molecule has 0 N–H and O–H groups in total. The molecule has 1 aliphatic rings. The minimum Gasteiger partial charge on any atom is -0.310 e. The van der Waals surface area contributed by atoms with Crippen LogP contribution in [0.5, 0.6) is 0 Å². The predicted molar refractivity (Wildman–Crippen MR) is 120 cm³/mol. The van der Waals surface area contributed by atoms with E-state index >= 15 is 0 Å². The van der Waals surface area contributed by atoms with Crippen molar-refractivity contribution in [3.8, 4) is 0 Å². The summed E-state index contributed by atoms with van der Waals surface area (Å²) in [7, 11) is -4.41. The third-order valence-corrected chi connectivity index (χ3v) is 7.43. The van der Waals surface area contributed by atoms with Crippen LogP contribution in [0.1, 0.15) is 11.1 Å². The Bertz CT molecular complexity index is 1300. The van der Waals surface area contributed by atoms with Crippen molar-refractivity contribution in [1.29, 1.82) is 0 Å². The maximum absolute atomic E-state index is 13.5. The van der Waals surface area contributed by atoms with E-state index in [4.69, 9.17) is 11.6 Å². The largest absolute Gasteiger partial charge is 0.416 e. The first kappa shape index (κ1) is 23.1. The van der Waals surface area contributed by atoms with E-state index in [1.807, 2.05) is 12.1 Å². The smallest absolute Gasteiger partial charge is 0.310 e. The fourth-order valence-electron chi connectivity index (χ4n) is 3.70. The fourth-order valence-corrected chi connectivity index (χ4v) is 5.42. The van der Waals surface area contributed by atoms with E-state index in [2.05, 4.69) is 0 Å². The van der Waals surface area contributed by atoms with Gasteiger partial charge in [-0.05, 0) is 48.4 Å². The molecule has 0 atom stereocenters. The summed E-state index contributed by atoms with van der Waals surface area (Å²) >= 11 is 6.16. The normalized spacial score (nSPS) is 13.6. The van der Waals surface area contributed by atoms with Crippen molar-refractivity contribution in [3.63, 3.8) is 0 Å². The maximum atomic E-state index is 13.5. The topological polar surface area (TPSA) is 57.7 Å². The first-order valence-electron chi connectivity index (χ1n) is 9.92. The molecule has 0 aliphatic carbocycles. The second-order valence-corrected chi connectivity index (χ2v) is 9.68. The lowest BCUT2D eigenvalue weighted by molar-refractivity contribution is -0.137. The first-order chi connectivity index (χ1) is 15.6. The summed E-state index contributed by atoms with van der Waals surface area (Å²) in [6.07, 6.45) is -4.13. The van der Waals surface area contributed by atoms with Gasteiger partial charge < -0.3 is 4.90 Å². The monoisotopic (exact) mass is 494 g/mol. The van der Waals surface area contributed by atoms with Crippen LogP contribution in [0.3, 0.4) is 0 Å². The van der Waals surface area contributed by atoms with Gasteiger partial charge in [-0.2, -0.15) is 13.2 Å². The van der Waals surface area contributed by atoms with Crippen molar-refractivity contribution in [2.45, 2.75) is 17.5 Å². The van der Waals surface area contributed by atoms with E-state index < -0.39 is 39.9 Å². The molecule has 10 heteroatoms. The van der Waals surface area contributed by atoms with Gasteiger partial charge in [-0.3, -0.25) is 9.10 Å². The highest BCUT2D eigenvalue weighted by Crippen LogP contribution is 2.38. The van der Waals surface area contributed by atoms with E-state index in [1.54, 1.807) is 18.2 Å². The number of fused-ring (bicyclic) bond motifs is 1. The lowest BCUT2D eigenvalue weighted by Crippen LogP contribution is -2.42. The van der Waals surface area contributed by atoms with Crippen LogP contribution in [0, 0.1) is 0 Å². The molecule has 4 rings (SSSR count). The molecule has 0 bridgehead atoms. The van der Waals surface area contributed by atoms with Gasteiger partial charge in [-0.1, -0.05) is 48.0 Å². The lowest BCUT2D eigenvalue weighted by atomic mass is 10.2. The Morgan fingerprint density at radius 3 is 2.36 bits per heavy atom. The molecule has 0 saturated heterocycles. The minimum atomic E-state index is -4.72. The molecule has 0 fully saturated rings. The fraction of sp³-hybridized carbons (Fsp3) is 0.174. The van der Waals surface area contributed by atoms with Gasteiger partial charge in [0.05, 0.1) is 21.2 Å². The summed E-state index contributed by atoms with van der Waals surface area (Å²) in [4.78, 5) is 14.5. The number of sulfonamides is 1. The van der Waals surface area contributed by atoms with Gasteiger partial charge in [0, 0.05) is 12.2 Å². The molecule has 0 aromatic heterocycles. The van der Waals surface area contributed by atoms with Crippen LogP contribution in [-0.2, 0) is 27.4 Å². The van der Waals surface area contributed by atoms with Crippen LogP contribution in [-0.4, -0.2) is 27.4 Å². The number of benzene rings is 3. The van der Waals surface area contributed by atoms with Crippen LogP contribution in [0.2, 0.25) is 5.02 Å². The molecule has 5 nitrogen and oxygen atoms in total. The summed E-state index contributed by atoms with van der Waals surface area (Å²) < 4.78 is 67.7. The van der Waals surface area contributed by atoms with Gasteiger partial charge in [0.2, 0.25) is 5.91 Å². The number of halogens is 4. The van der Waals surface area contributed by atoms with Gasteiger partial charge in [0.15, 0.2) is 0 Å². The summed E-state index contributed by atoms with van der Waals surface area (Å²) in [5.41, 5.74) is 0.0837. The van der Waals surface area contributed by atoms with Crippen LogP contribution in [0.25, 0.3) is 0 Å². The summed E-state index contributed by atoms with van der Waals surface area (Å²) in [5, 5.41) is -0.225. The van der Waals surface area contributed by atoms with Crippen LogP contribution in [0.15, 0.2) is 77.7 Å². The van der Waals surface area contributed by atoms with Gasteiger partial charge >= 0.3 is 6.18 Å². The third kappa shape index (κ3) is 4.56. The van der Waals surface area contributed by atoms with E-state index in [0.29, 0.717) is 29.0 Å². The Morgan fingerprint density at radius 1 is 1.00 bits per heavy atom. The SMILES string of the molecule is O=C(CN(c1cc(C(F)(F)F)ccc1Cl)S(=O)(=O)c1ccccc1)N1CCc2ccccc21. The average Bonchev–Trinajstić information content (AvgIpc) is 3.22. The van der Waals surface area contributed by atoms with Crippen molar-refractivity contribution in [2.24, 2.45) is 0 Å². The number of anilines is 2. The van der Waals surface area contributed by atoms with Crippen molar-refractivity contribution in [1.82, 2.24) is 0 Å². The van der Waals surface area contributed by atoms with Crippen molar-refractivity contribution in [2.75, 3.05) is 22.3 Å².